The smallest absolute Gasteiger partial charge is 0 e. The second-order valence-electron chi connectivity index (χ2n) is 1.42. The number of hydrogen-bond donors (Lipinski definition) is 0. The van der Waals surface area contributed by atoms with Crippen LogP contribution in [-0.4, -0.2) is 0 Å². The average molecular weight is 215 g/mol. The third kappa shape index (κ3) is 3.29. The maximum Gasteiger partial charge on any atom is 0 e. The quantitative estimate of drug-likeness (QED) is 0.584. The van der Waals surface area contributed by atoms with Crippen LogP contribution in [0.15, 0.2) is 10.8 Å². The maximum atomic E-state index is 3.73. The summed E-state index contributed by atoms with van der Waals surface area (Å²) in [6.07, 6.45) is 0. The zero-order chi connectivity index (χ0) is 5.28. The first-order valence-electron chi connectivity index (χ1n) is 2.01. The van der Waals surface area contributed by atoms with Crippen LogP contribution in [0.1, 0.15) is 18.6 Å². The van der Waals surface area contributed by atoms with E-state index in [4.69, 9.17) is 0 Å². The van der Waals surface area contributed by atoms with Crippen molar-refractivity contribution in [3.05, 3.63) is 35.7 Å². The fourth-order valence-corrected chi connectivity index (χ4v) is 1.05. The van der Waals surface area contributed by atoms with Crippen molar-refractivity contribution in [2.45, 2.75) is 7.43 Å². The molecule has 0 amide bonds. The molecule has 1 aromatic rings. The molecular formula is C7H10SY-2. The first-order chi connectivity index (χ1) is 3.30. The normalized spacial score (nSPS) is 7.11. The SMILES string of the molecule is C.[CH2-]c1cscc1[CH2-].[Y]. The number of rotatable bonds is 0. The van der Waals surface area contributed by atoms with Gasteiger partial charge in [-0.05, 0) is 0 Å². The summed E-state index contributed by atoms with van der Waals surface area (Å²) in [6, 6.07) is 0. The largest absolute Gasteiger partial charge is 0.314 e. The summed E-state index contributed by atoms with van der Waals surface area (Å²) < 4.78 is 0. The third-order valence-electron chi connectivity index (χ3n) is 0.833. The van der Waals surface area contributed by atoms with Crippen molar-refractivity contribution in [3.8, 4) is 0 Å². The summed E-state index contributed by atoms with van der Waals surface area (Å²) >= 11 is 1.64. The molecule has 0 atom stereocenters. The van der Waals surface area contributed by atoms with Gasteiger partial charge in [0.25, 0.3) is 0 Å². The zero-order valence-electron chi connectivity index (χ0n) is 4.55. The van der Waals surface area contributed by atoms with Gasteiger partial charge in [-0.1, -0.05) is 7.43 Å². The molecule has 49 valence electrons. The van der Waals surface area contributed by atoms with Gasteiger partial charge in [0.05, 0.1) is 0 Å². The summed E-state index contributed by atoms with van der Waals surface area (Å²) in [6.45, 7) is 7.46. The molecule has 1 radical (unpaired) electrons. The Labute approximate surface area is 86.6 Å². The predicted octanol–water partition coefficient (Wildman–Crippen LogP) is 2.75. The van der Waals surface area contributed by atoms with Gasteiger partial charge in [0.15, 0.2) is 0 Å². The number of hydrogen-bond acceptors (Lipinski definition) is 1. The molecule has 0 aliphatic carbocycles. The first kappa shape index (κ1) is 12.2. The fraction of sp³-hybridized carbons (Fsp3) is 0.143. The van der Waals surface area contributed by atoms with Crippen molar-refractivity contribution in [2.24, 2.45) is 0 Å². The molecule has 0 saturated carbocycles. The topological polar surface area (TPSA) is 0 Å². The van der Waals surface area contributed by atoms with Crippen LogP contribution >= 0.6 is 11.3 Å². The molecule has 1 heterocycles. The molecule has 0 aromatic carbocycles. The summed E-state index contributed by atoms with van der Waals surface area (Å²) in [5.41, 5.74) is 2.09. The molecule has 0 aliphatic rings. The monoisotopic (exact) mass is 215 g/mol. The van der Waals surface area contributed by atoms with E-state index in [1.54, 1.807) is 11.3 Å². The van der Waals surface area contributed by atoms with E-state index in [-0.39, 0.29) is 40.1 Å². The van der Waals surface area contributed by atoms with Gasteiger partial charge < -0.3 is 11.3 Å². The summed E-state index contributed by atoms with van der Waals surface area (Å²) in [5.74, 6) is 0. The number of thiophene rings is 1. The summed E-state index contributed by atoms with van der Waals surface area (Å²) in [5, 5.41) is 3.98. The first-order valence-corrected chi connectivity index (χ1v) is 2.95. The van der Waals surface area contributed by atoms with Gasteiger partial charge in [0, 0.05) is 32.7 Å². The molecule has 1 rings (SSSR count). The van der Waals surface area contributed by atoms with Crippen molar-refractivity contribution in [1.29, 1.82) is 0 Å². The average Bonchev–Trinajstić information content (AvgIpc) is 1.91. The van der Waals surface area contributed by atoms with E-state index in [9.17, 15) is 0 Å². The summed E-state index contributed by atoms with van der Waals surface area (Å²) in [7, 11) is 0. The minimum atomic E-state index is 0. The Kier molecular flexibility index (Phi) is 7.26. The second-order valence-corrected chi connectivity index (χ2v) is 2.17. The van der Waals surface area contributed by atoms with Gasteiger partial charge in [0.1, 0.15) is 0 Å². The van der Waals surface area contributed by atoms with E-state index in [0.29, 0.717) is 0 Å². The van der Waals surface area contributed by atoms with Crippen LogP contribution < -0.4 is 0 Å². The van der Waals surface area contributed by atoms with Crippen LogP contribution in [-0.2, 0) is 32.7 Å². The van der Waals surface area contributed by atoms with Gasteiger partial charge in [-0.25, -0.2) is 0 Å². The Hall–Kier alpha value is 0.544. The van der Waals surface area contributed by atoms with Crippen molar-refractivity contribution < 1.29 is 32.7 Å². The van der Waals surface area contributed by atoms with E-state index in [1.165, 1.54) is 0 Å². The van der Waals surface area contributed by atoms with Gasteiger partial charge in [-0.2, -0.15) is 10.8 Å². The van der Waals surface area contributed by atoms with Crippen LogP contribution in [0.2, 0.25) is 0 Å². The van der Waals surface area contributed by atoms with Gasteiger partial charge in [0.2, 0.25) is 0 Å². The van der Waals surface area contributed by atoms with Crippen LogP contribution in [0.25, 0.3) is 0 Å². The summed E-state index contributed by atoms with van der Waals surface area (Å²) in [4.78, 5) is 0. The van der Waals surface area contributed by atoms with E-state index >= 15 is 0 Å². The molecule has 0 N–H and O–H groups in total. The van der Waals surface area contributed by atoms with Crippen LogP contribution in [0.5, 0.6) is 0 Å². The molecule has 9 heavy (non-hydrogen) atoms. The Morgan fingerprint density at radius 1 is 1.11 bits per heavy atom. The molecule has 0 fully saturated rings. The van der Waals surface area contributed by atoms with Gasteiger partial charge >= 0.3 is 0 Å². The van der Waals surface area contributed by atoms with Crippen molar-refractivity contribution >= 4 is 11.3 Å². The molecule has 0 aliphatic heterocycles. The maximum absolute atomic E-state index is 3.73. The van der Waals surface area contributed by atoms with Crippen LogP contribution in [0.4, 0.5) is 0 Å². The molecule has 1 aromatic heterocycles. The van der Waals surface area contributed by atoms with Crippen LogP contribution in [0.3, 0.4) is 0 Å². The minimum absolute atomic E-state index is 0. The van der Waals surface area contributed by atoms with Crippen molar-refractivity contribution in [1.82, 2.24) is 0 Å². The molecule has 0 bridgehead atoms. The van der Waals surface area contributed by atoms with Crippen molar-refractivity contribution in [2.75, 3.05) is 0 Å². The molecular weight excluding hydrogens is 205 g/mol. The Morgan fingerprint density at radius 2 is 1.44 bits per heavy atom. The molecule has 0 saturated heterocycles. The van der Waals surface area contributed by atoms with Gasteiger partial charge in [-0.3, -0.25) is 25.0 Å². The Morgan fingerprint density at radius 3 is 1.56 bits per heavy atom. The van der Waals surface area contributed by atoms with Gasteiger partial charge in [-0.15, -0.1) is 0 Å². The standard InChI is InChI=1S/C6H6S.CH4.Y/c1-5-3-7-4-6(5)2;;/h3-4H,1-2H2;1H4;/q-2;;. The minimum Gasteiger partial charge on any atom is -0.314 e. The van der Waals surface area contributed by atoms with E-state index in [2.05, 4.69) is 13.8 Å². The predicted molar refractivity (Wildman–Crippen MR) is 40.0 cm³/mol. The fourth-order valence-electron chi connectivity index (χ4n) is 0.350. The van der Waals surface area contributed by atoms with E-state index in [0.717, 1.165) is 11.1 Å². The van der Waals surface area contributed by atoms with E-state index < -0.39 is 0 Å². The van der Waals surface area contributed by atoms with Crippen LogP contribution in [0, 0.1) is 13.8 Å². The second kappa shape index (κ2) is 5.34. The zero-order valence-corrected chi connectivity index (χ0v) is 8.21. The Bertz CT molecular complexity index is 141. The molecule has 0 unspecified atom stereocenters. The molecule has 0 spiro atoms. The van der Waals surface area contributed by atoms with Crippen molar-refractivity contribution in [3.63, 3.8) is 0 Å². The third-order valence-corrected chi connectivity index (χ3v) is 1.67. The Balaban J connectivity index is 0. The van der Waals surface area contributed by atoms with E-state index in [1.807, 2.05) is 10.8 Å². The molecule has 2 heteroatoms. The molecule has 0 nitrogen and oxygen atoms in total.